The fourth-order valence-electron chi connectivity index (χ4n) is 4.90. The van der Waals surface area contributed by atoms with Gasteiger partial charge in [0.05, 0.1) is 23.5 Å². The molecule has 2 aliphatic heterocycles. The molecule has 0 radical (unpaired) electrons. The first-order valence-electron chi connectivity index (χ1n) is 13.2. The highest BCUT2D eigenvalue weighted by molar-refractivity contribution is 5.75. The normalized spacial score (nSPS) is 16.0. The van der Waals surface area contributed by atoms with Crippen molar-refractivity contribution in [3.63, 3.8) is 0 Å². The second-order valence-electron chi connectivity index (χ2n) is 9.59. The standard InChI is InChI=1S/C16H25N3.C12H11N3O3/c1-2-11-19(12-3-1)13-5-7-15-9-8-14-6-4-10-17-16(14)18-15;16-7-15-10(6-12(17)18)8-1-2-9-11(5-8)14-4-3-13-9/h8-9H,1-7,10-13H2,(H,17,18);1-5,7,10H,6H2,(H,15,16)(H,17,18). The lowest BCUT2D eigenvalue weighted by molar-refractivity contribution is -0.137. The lowest BCUT2D eigenvalue weighted by Gasteiger charge is -2.26. The summed E-state index contributed by atoms with van der Waals surface area (Å²) in [7, 11) is 0. The fourth-order valence-corrected chi connectivity index (χ4v) is 4.90. The van der Waals surface area contributed by atoms with E-state index in [1.54, 1.807) is 30.6 Å². The van der Waals surface area contributed by atoms with Crippen molar-refractivity contribution in [1.82, 2.24) is 25.2 Å². The zero-order chi connectivity index (χ0) is 25.9. The second-order valence-corrected chi connectivity index (χ2v) is 9.59. The minimum Gasteiger partial charge on any atom is -0.481 e. The number of hydrogen-bond donors (Lipinski definition) is 3. The maximum atomic E-state index is 10.7. The van der Waals surface area contributed by atoms with Gasteiger partial charge in [-0.3, -0.25) is 19.6 Å². The van der Waals surface area contributed by atoms with Gasteiger partial charge >= 0.3 is 5.97 Å². The van der Waals surface area contributed by atoms with Crippen molar-refractivity contribution in [2.24, 2.45) is 0 Å². The minimum atomic E-state index is -0.978. The number of nitrogens with zero attached hydrogens (tertiary/aromatic N) is 4. The third-order valence-corrected chi connectivity index (χ3v) is 6.85. The predicted molar refractivity (Wildman–Crippen MR) is 143 cm³/mol. The van der Waals surface area contributed by atoms with E-state index in [2.05, 4.69) is 37.6 Å². The molecule has 0 aliphatic carbocycles. The Kier molecular flexibility index (Phi) is 9.76. The number of carbonyl (C=O) groups is 2. The molecule has 1 amide bonds. The van der Waals surface area contributed by atoms with Crippen molar-refractivity contribution in [3.8, 4) is 0 Å². The molecular formula is C28H36N6O3. The first-order valence-corrected chi connectivity index (χ1v) is 13.2. The number of pyridine rings is 1. The first kappa shape index (κ1) is 26.5. The SMILES string of the molecule is O=CNC(CC(=O)O)c1ccc2nccnc2c1.c1cc2c(nc1CCCN1CCCCC1)NCCC2. The monoisotopic (exact) mass is 504 g/mol. The van der Waals surface area contributed by atoms with Gasteiger partial charge in [-0.25, -0.2) is 4.98 Å². The first-order chi connectivity index (χ1) is 18.1. The second kappa shape index (κ2) is 13.6. The average molecular weight is 505 g/mol. The van der Waals surface area contributed by atoms with E-state index in [4.69, 9.17) is 10.1 Å². The van der Waals surface area contributed by atoms with Gasteiger partial charge in [0, 0.05) is 24.6 Å². The maximum Gasteiger partial charge on any atom is 0.305 e. The van der Waals surface area contributed by atoms with Gasteiger partial charge < -0.3 is 20.6 Å². The Balaban J connectivity index is 0.000000173. The third-order valence-electron chi connectivity index (χ3n) is 6.85. The Morgan fingerprint density at radius 2 is 1.89 bits per heavy atom. The van der Waals surface area contributed by atoms with Gasteiger partial charge in [-0.1, -0.05) is 18.6 Å². The lowest BCUT2D eigenvalue weighted by Crippen LogP contribution is -2.30. The van der Waals surface area contributed by atoms with Crippen LogP contribution in [0.5, 0.6) is 0 Å². The van der Waals surface area contributed by atoms with Crippen LogP contribution in [0, 0.1) is 0 Å². The van der Waals surface area contributed by atoms with E-state index in [1.165, 1.54) is 69.4 Å². The molecule has 2 aromatic heterocycles. The van der Waals surface area contributed by atoms with Gasteiger partial charge in [-0.15, -0.1) is 0 Å². The summed E-state index contributed by atoms with van der Waals surface area (Å²) in [6.45, 7) is 4.93. The molecule has 9 nitrogen and oxygen atoms in total. The number of rotatable bonds is 9. The number of carbonyl (C=O) groups excluding carboxylic acids is 1. The summed E-state index contributed by atoms with van der Waals surface area (Å²) in [5, 5.41) is 14.7. The van der Waals surface area contributed by atoms with Crippen LogP contribution in [-0.2, 0) is 22.4 Å². The Morgan fingerprint density at radius 3 is 2.68 bits per heavy atom. The highest BCUT2D eigenvalue weighted by Crippen LogP contribution is 2.21. The van der Waals surface area contributed by atoms with Crippen molar-refractivity contribution < 1.29 is 14.7 Å². The summed E-state index contributed by atoms with van der Waals surface area (Å²) in [6.07, 6.45) is 12.4. The number of hydrogen-bond acceptors (Lipinski definition) is 7. The number of likely N-dealkylation sites (tertiary alicyclic amines) is 1. The van der Waals surface area contributed by atoms with E-state index in [0.717, 1.165) is 24.3 Å². The molecule has 9 heteroatoms. The van der Waals surface area contributed by atoms with Crippen molar-refractivity contribution >= 4 is 29.2 Å². The van der Waals surface area contributed by atoms with E-state index in [1.807, 2.05) is 0 Å². The number of benzene rings is 1. The fraction of sp³-hybridized carbons (Fsp3) is 0.464. The zero-order valence-electron chi connectivity index (χ0n) is 21.2. The molecule has 1 aromatic carbocycles. The number of piperidine rings is 1. The molecule has 1 unspecified atom stereocenters. The van der Waals surface area contributed by atoms with Crippen molar-refractivity contribution in [2.75, 3.05) is 31.5 Å². The molecule has 0 bridgehead atoms. The van der Waals surface area contributed by atoms with Crippen molar-refractivity contribution in [1.29, 1.82) is 0 Å². The Labute approximate surface area is 217 Å². The molecule has 0 spiro atoms. The number of amides is 1. The quantitative estimate of drug-likeness (QED) is 0.377. The van der Waals surface area contributed by atoms with Crippen LogP contribution in [0.15, 0.2) is 42.7 Å². The van der Waals surface area contributed by atoms with Gasteiger partial charge in [0.2, 0.25) is 6.41 Å². The number of anilines is 1. The van der Waals surface area contributed by atoms with Crippen molar-refractivity contribution in [2.45, 2.75) is 57.4 Å². The Hall–Kier alpha value is -3.59. The summed E-state index contributed by atoms with van der Waals surface area (Å²) in [5.74, 6) is 0.162. The van der Waals surface area contributed by atoms with Crippen molar-refractivity contribution in [3.05, 3.63) is 59.5 Å². The summed E-state index contributed by atoms with van der Waals surface area (Å²) in [4.78, 5) is 36.9. The van der Waals surface area contributed by atoms with Gasteiger partial charge in [-0.2, -0.15) is 0 Å². The smallest absolute Gasteiger partial charge is 0.305 e. The van der Waals surface area contributed by atoms with Gasteiger partial charge in [0.25, 0.3) is 0 Å². The number of aliphatic carboxylic acids is 1. The largest absolute Gasteiger partial charge is 0.481 e. The third kappa shape index (κ3) is 7.95. The van der Waals surface area contributed by atoms with Crippen LogP contribution in [0.3, 0.4) is 0 Å². The van der Waals surface area contributed by atoms with Crippen LogP contribution in [-0.4, -0.2) is 63.5 Å². The number of aryl methyl sites for hydroxylation is 2. The van der Waals surface area contributed by atoms with Crippen LogP contribution in [0.4, 0.5) is 5.82 Å². The van der Waals surface area contributed by atoms with Crippen LogP contribution in [0.25, 0.3) is 11.0 Å². The maximum absolute atomic E-state index is 10.7. The molecule has 3 aromatic rings. The summed E-state index contributed by atoms with van der Waals surface area (Å²) in [6, 6.07) is 9.14. The molecule has 1 saturated heterocycles. The molecule has 0 saturated carbocycles. The molecule has 4 heterocycles. The summed E-state index contributed by atoms with van der Waals surface area (Å²) in [5.41, 5.74) is 4.73. The molecule has 5 rings (SSSR count). The number of nitrogens with one attached hydrogen (secondary N) is 2. The van der Waals surface area contributed by atoms with E-state index < -0.39 is 12.0 Å². The van der Waals surface area contributed by atoms with E-state index in [0.29, 0.717) is 17.5 Å². The van der Waals surface area contributed by atoms with Crippen LogP contribution >= 0.6 is 0 Å². The lowest BCUT2D eigenvalue weighted by atomic mass is 10.0. The Morgan fingerprint density at radius 1 is 1.08 bits per heavy atom. The Bertz CT molecular complexity index is 1180. The van der Waals surface area contributed by atoms with Gasteiger partial charge in [-0.05, 0) is 87.5 Å². The molecule has 1 atom stereocenters. The summed E-state index contributed by atoms with van der Waals surface area (Å²) >= 11 is 0. The topological polar surface area (TPSA) is 120 Å². The van der Waals surface area contributed by atoms with E-state index >= 15 is 0 Å². The van der Waals surface area contributed by atoms with Gasteiger partial charge in [0.15, 0.2) is 0 Å². The highest BCUT2D eigenvalue weighted by atomic mass is 16.4. The summed E-state index contributed by atoms with van der Waals surface area (Å²) < 4.78 is 0. The number of aromatic nitrogens is 3. The molecule has 1 fully saturated rings. The number of carboxylic acids is 1. The predicted octanol–water partition coefficient (Wildman–Crippen LogP) is 3.75. The molecule has 196 valence electrons. The number of carboxylic acid groups (broad SMARTS) is 1. The highest BCUT2D eigenvalue weighted by Gasteiger charge is 2.15. The van der Waals surface area contributed by atoms with Crippen LogP contribution in [0.2, 0.25) is 0 Å². The molecule has 37 heavy (non-hydrogen) atoms. The molecule has 2 aliphatic rings. The van der Waals surface area contributed by atoms with E-state index in [9.17, 15) is 9.59 Å². The van der Waals surface area contributed by atoms with Gasteiger partial charge in [0.1, 0.15) is 5.82 Å². The molecular weight excluding hydrogens is 468 g/mol. The van der Waals surface area contributed by atoms with Crippen LogP contribution in [0.1, 0.15) is 61.4 Å². The zero-order valence-corrected chi connectivity index (χ0v) is 21.2. The number of fused-ring (bicyclic) bond motifs is 2. The molecule has 3 N–H and O–H groups in total. The van der Waals surface area contributed by atoms with Crippen LogP contribution < -0.4 is 10.6 Å². The van der Waals surface area contributed by atoms with E-state index in [-0.39, 0.29) is 6.42 Å². The minimum absolute atomic E-state index is 0.176. The average Bonchev–Trinajstić information content (AvgIpc) is 2.93.